The molecule has 0 bridgehead atoms. The number of carbonyl (C=O) groups excluding carboxylic acids is 1. The van der Waals surface area contributed by atoms with Crippen LogP contribution in [0.3, 0.4) is 0 Å². The Balaban J connectivity index is 0.00000300. The number of rotatable bonds is 9. The van der Waals surface area contributed by atoms with E-state index in [1.807, 2.05) is 59.5 Å². The van der Waals surface area contributed by atoms with Crippen LogP contribution in [0.2, 0.25) is 0 Å². The van der Waals surface area contributed by atoms with Gasteiger partial charge in [-0.25, -0.2) is 0 Å². The molecule has 0 radical (unpaired) electrons. The van der Waals surface area contributed by atoms with Gasteiger partial charge in [0.2, 0.25) is 0 Å². The molecule has 1 N–H and O–H groups in total. The van der Waals surface area contributed by atoms with E-state index in [0.29, 0.717) is 24.1 Å². The Morgan fingerprint density at radius 3 is 2.28 bits per heavy atom. The van der Waals surface area contributed by atoms with Crippen molar-refractivity contribution in [3.63, 3.8) is 0 Å². The third-order valence-electron chi connectivity index (χ3n) is 4.97. The molecule has 6 heteroatoms. The summed E-state index contributed by atoms with van der Waals surface area (Å²) < 4.78 is 11.8. The minimum Gasteiger partial charge on any atom is -0.485 e. The molecule has 2 aromatic rings. The predicted octanol–water partition coefficient (Wildman–Crippen LogP) is 4.06. The zero-order chi connectivity index (χ0) is 19.6. The van der Waals surface area contributed by atoms with E-state index < -0.39 is 0 Å². The SMILES string of the molecule is CCCN(C(=O)COc1ccccc1OCc1ccccc1)C1CCNCC1.Cl. The van der Waals surface area contributed by atoms with Crippen LogP contribution in [-0.2, 0) is 11.4 Å². The molecule has 1 amide bonds. The monoisotopic (exact) mass is 418 g/mol. The normalized spacial score (nSPS) is 14.0. The largest absolute Gasteiger partial charge is 0.485 e. The molecule has 5 nitrogen and oxygen atoms in total. The van der Waals surface area contributed by atoms with Gasteiger partial charge in [0.1, 0.15) is 6.61 Å². The summed E-state index contributed by atoms with van der Waals surface area (Å²) in [7, 11) is 0. The van der Waals surface area contributed by atoms with Crippen LogP contribution in [0.1, 0.15) is 31.7 Å². The summed E-state index contributed by atoms with van der Waals surface area (Å²) in [6, 6.07) is 17.8. The summed E-state index contributed by atoms with van der Waals surface area (Å²) >= 11 is 0. The average Bonchev–Trinajstić information content (AvgIpc) is 2.76. The number of hydrogen-bond acceptors (Lipinski definition) is 4. The van der Waals surface area contributed by atoms with Crippen molar-refractivity contribution in [3.8, 4) is 11.5 Å². The molecule has 1 aliphatic rings. The van der Waals surface area contributed by atoms with E-state index in [2.05, 4.69) is 12.2 Å². The first-order valence-corrected chi connectivity index (χ1v) is 10.2. The van der Waals surface area contributed by atoms with E-state index in [9.17, 15) is 4.79 Å². The van der Waals surface area contributed by atoms with Crippen molar-refractivity contribution in [2.45, 2.75) is 38.8 Å². The molecule has 3 rings (SSSR count). The van der Waals surface area contributed by atoms with Gasteiger partial charge in [0, 0.05) is 12.6 Å². The van der Waals surface area contributed by atoms with Crippen LogP contribution < -0.4 is 14.8 Å². The topological polar surface area (TPSA) is 50.8 Å². The highest BCUT2D eigenvalue weighted by Crippen LogP contribution is 2.27. The molecule has 1 heterocycles. The quantitative estimate of drug-likeness (QED) is 0.667. The lowest BCUT2D eigenvalue weighted by Crippen LogP contribution is -2.48. The van der Waals surface area contributed by atoms with E-state index in [0.717, 1.165) is 44.5 Å². The summed E-state index contributed by atoms with van der Waals surface area (Å²) in [6.07, 6.45) is 2.96. The van der Waals surface area contributed by atoms with Crippen LogP contribution in [0, 0.1) is 0 Å². The molecule has 158 valence electrons. The number of nitrogens with one attached hydrogen (secondary N) is 1. The Morgan fingerprint density at radius 1 is 1.00 bits per heavy atom. The van der Waals surface area contributed by atoms with Crippen molar-refractivity contribution < 1.29 is 14.3 Å². The van der Waals surface area contributed by atoms with Gasteiger partial charge in [-0.3, -0.25) is 4.79 Å². The van der Waals surface area contributed by atoms with Crippen molar-refractivity contribution in [1.82, 2.24) is 10.2 Å². The third-order valence-corrected chi connectivity index (χ3v) is 4.97. The number of nitrogens with zero attached hydrogens (tertiary/aromatic N) is 1. The van der Waals surface area contributed by atoms with Crippen LogP contribution in [0.5, 0.6) is 11.5 Å². The maximum atomic E-state index is 12.8. The molecule has 0 aromatic heterocycles. The first-order chi connectivity index (χ1) is 13.8. The predicted molar refractivity (Wildman–Crippen MR) is 118 cm³/mol. The fourth-order valence-electron chi connectivity index (χ4n) is 3.52. The number of ether oxygens (including phenoxy) is 2. The highest BCUT2D eigenvalue weighted by atomic mass is 35.5. The van der Waals surface area contributed by atoms with E-state index in [-0.39, 0.29) is 24.9 Å². The molecule has 1 saturated heterocycles. The lowest BCUT2D eigenvalue weighted by molar-refractivity contribution is -0.136. The van der Waals surface area contributed by atoms with Gasteiger partial charge in [-0.05, 0) is 50.0 Å². The molecular weight excluding hydrogens is 388 g/mol. The van der Waals surface area contributed by atoms with Crippen LogP contribution in [-0.4, -0.2) is 43.1 Å². The number of halogens is 1. The molecular formula is C23H31ClN2O3. The molecule has 1 fully saturated rings. The second-order valence-corrected chi connectivity index (χ2v) is 7.08. The Bertz CT molecular complexity index is 736. The minimum absolute atomic E-state index is 0. The van der Waals surface area contributed by atoms with Gasteiger partial charge < -0.3 is 19.7 Å². The molecule has 0 aliphatic carbocycles. The summed E-state index contributed by atoms with van der Waals surface area (Å²) in [4.78, 5) is 14.8. The fraction of sp³-hybridized carbons (Fsp3) is 0.435. The van der Waals surface area contributed by atoms with Crippen LogP contribution >= 0.6 is 12.4 Å². The standard InChI is InChI=1S/C23H30N2O3.ClH/c1-2-16-25(20-12-14-24-15-13-20)23(26)18-28-22-11-7-6-10-21(22)27-17-19-8-4-3-5-9-19;/h3-11,20,24H,2,12-18H2,1H3;1H. The lowest BCUT2D eigenvalue weighted by atomic mass is 10.0. The van der Waals surface area contributed by atoms with Crippen molar-refractivity contribution in [3.05, 3.63) is 60.2 Å². The highest BCUT2D eigenvalue weighted by molar-refractivity contribution is 5.85. The van der Waals surface area contributed by atoms with E-state index in [1.165, 1.54) is 0 Å². The Labute approximate surface area is 179 Å². The lowest BCUT2D eigenvalue weighted by Gasteiger charge is -2.34. The number of para-hydroxylation sites is 2. The molecule has 0 saturated carbocycles. The third kappa shape index (κ3) is 6.94. The number of amides is 1. The second kappa shape index (κ2) is 12.3. The molecule has 0 spiro atoms. The molecule has 1 aliphatic heterocycles. The zero-order valence-electron chi connectivity index (χ0n) is 17.0. The molecule has 29 heavy (non-hydrogen) atoms. The van der Waals surface area contributed by atoms with E-state index >= 15 is 0 Å². The summed E-state index contributed by atoms with van der Waals surface area (Å²) in [5.74, 6) is 1.31. The number of carbonyl (C=O) groups is 1. The van der Waals surface area contributed by atoms with Gasteiger partial charge in [0.25, 0.3) is 5.91 Å². The van der Waals surface area contributed by atoms with Crippen LogP contribution in [0.4, 0.5) is 0 Å². The van der Waals surface area contributed by atoms with Crippen LogP contribution in [0.15, 0.2) is 54.6 Å². The summed E-state index contributed by atoms with van der Waals surface area (Å²) in [6.45, 7) is 5.32. The highest BCUT2D eigenvalue weighted by Gasteiger charge is 2.25. The Kier molecular flexibility index (Phi) is 9.81. The van der Waals surface area contributed by atoms with Crippen molar-refractivity contribution in [1.29, 1.82) is 0 Å². The first kappa shape index (κ1) is 23.0. The Morgan fingerprint density at radius 2 is 1.62 bits per heavy atom. The maximum Gasteiger partial charge on any atom is 0.260 e. The first-order valence-electron chi connectivity index (χ1n) is 10.2. The van der Waals surface area contributed by atoms with Gasteiger partial charge in [0.05, 0.1) is 0 Å². The van der Waals surface area contributed by atoms with Gasteiger partial charge in [-0.2, -0.15) is 0 Å². The molecule has 0 unspecified atom stereocenters. The Hall–Kier alpha value is -2.24. The van der Waals surface area contributed by atoms with Gasteiger partial charge in [-0.15, -0.1) is 12.4 Å². The number of hydrogen-bond donors (Lipinski definition) is 1. The van der Waals surface area contributed by atoms with Crippen LogP contribution in [0.25, 0.3) is 0 Å². The van der Waals surface area contributed by atoms with E-state index in [4.69, 9.17) is 9.47 Å². The van der Waals surface area contributed by atoms with Gasteiger partial charge >= 0.3 is 0 Å². The maximum absolute atomic E-state index is 12.8. The van der Waals surface area contributed by atoms with Crippen molar-refractivity contribution >= 4 is 18.3 Å². The number of benzene rings is 2. The smallest absolute Gasteiger partial charge is 0.260 e. The average molecular weight is 419 g/mol. The second-order valence-electron chi connectivity index (χ2n) is 7.08. The van der Waals surface area contributed by atoms with Crippen molar-refractivity contribution in [2.75, 3.05) is 26.2 Å². The molecule has 0 atom stereocenters. The summed E-state index contributed by atoms with van der Waals surface area (Å²) in [5.41, 5.74) is 1.09. The molecule has 2 aromatic carbocycles. The van der Waals surface area contributed by atoms with Gasteiger partial charge in [0.15, 0.2) is 18.1 Å². The zero-order valence-corrected chi connectivity index (χ0v) is 17.8. The minimum atomic E-state index is 0. The number of piperidine rings is 1. The van der Waals surface area contributed by atoms with Gasteiger partial charge in [-0.1, -0.05) is 49.4 Å². The fourth-order valence-corrected chi connectivity index (χ4v) is 3.52. The summed E-state index contributed by atoms with van der Waals surface area (Å²) in [5, 5.41) is 3.36. The van der Waals surface area contributed by atoms with Crippen molar-refractivity contribution in [2.24, 2.45) is 0 Å². The van der Waals surface area contributed by atoms with E-state index in [1.54, 1.807) is 0 Å².